The van der Waals surface area contributed by atoms with Crippen LogP contribution in [0.25, 0.3) is 5.57 Å². The van der Waals surface area contributed by atoms with E-state index in [1.165, 1.54) is 28.1 Å². The van der Waals surface area contributed by atoms with Gasteiger partial charge in [-0.25, -0.2) is 0 Å². The van der Waals surface area contributed by atoms with Crippen molar-refractivity contribution in [2.45, 2.75) is 26.2 Å². The highest BCUT2D eigenvalue weighted by molar-refractivity contribution is 6.30. The van der Waals surface area contributed by atoms with Crippen molar-refractivity contribution in [3.8, 4) is 0 Å². The Morgan fingerprint density at radius 1 is 1.04 bits per heavy atom. The fourth-order valence-corrected chi connectivity index (χ4v) is 4.22. The molecule has 1 nitrogen and oxygen atoms in total. The number of hydrogen-bond acceptors (Lipinski definition) is 1. The van der Waals surface area contributed by atoms with Crippen LogP contribution in [-0.4, -0.2) is 11.4 Å². The van der Waals surface area contributed by atoms with Crippen molar-refractivity contribution in [3.63, 3.8) is 0 Å². The number of fused-ring (bicyclic) bond motifs is 1. The fraction of sp³-hybridized carbons (Fsp3) is 0.273. The second-order valence-corrected chi connectivity index (χ2v) is 8.07. The minimum atomic E-state index is 0.218. The maximum atomic E-state index is 6.10. The van der Waals surface area contributed by atoms with Gasteiger partial charge in [-0.2, -0.15) is 0 Å². The zero-order chi connectivity index (χ0) is 16.9. The lowest BCUT2D eigenvalue weighted by atomic mass is 9.82. The van der Waals surface area contributed by atoms with Gasteiger partial charge in [0.25, 0.3) is 0 Å². The number of hydrogen-bond donors (Lipinski definition) is 0. The smallest absolute Gasteiger partial charge is 0.0510 e. The van der Waals surface area contributed by atoms with E-state index < -0.39 is 0 Å². The van der Waals surface area contributed by atoms with Crippen molar-refractivity contribution in [3.05, 3.63) is 88.7 Å². The van der Waals surface area contributed by atoms with E-state index >= 15 is 0 Å². The number of allylic oxidation sites excluding steroid dienone is 2. The van der Waals surface area contributed by atoms with Crippen molar-refractivity contribution >= 4 is 17.2 Å². The van der Waals surface area contributed by atoms with Gasteiger partial charge in [0.15, 0.2) is 0 Å². The zero-order valence-electron chi connectivity index (χ0n) is 14.2. The summed E-state index contributed by atoms with van der Waals surface area (Å²) < 4.78 is 0. The number of halogens is 1. The predicted octanol–water partition coefficient (Wildman–Crippen LogP) is 6.09. The highest BCUT2D eigenvalue weighted by Gasteiger charge is 2.44. The number of rotatable bonds is 2. The second-order valence-electron chi connectivity index (χ2n) is 7.63. The lowest BCUT2D eigenvalue weighted by molar-refractivity contribution is 0.348. The van der Waals surface area contributed by atoms with E-state index in [2.05, 4.69) is 67.8 Å². The largest absolute Gasteiger partial charge is 0.347 e. The summed E-state index contributed by atoms with van der Waals surface area (Å²) in [5.74, 6) is 0.218. The van der Waals surface area contributed by atoms with Gasteiger partial charge in [0.2, 0.25) is 0 Å². The van der Waals surface area contributed by atoms with Crippen LogP contribution in [0.1, 0.15) is 37.3 Å². The molecule has 1 saturated heterocycles. The molecule has 2 aliphatic rings. The Kier molecular flexibility index (Phi) is 3.58. The molecule has 0 spiro atoms. The Morgan fingerprint density at radius 2 is 1.71 bits per heavy atom. The number of benzene rings is 2. The van der Waals surface area contributed by atoms with Gasteiger partial charge in [-0.1, -0.05) is 74.5 Å². The molecule has 0 radical (unpaired) electrons. The van der Waals surface area contributed by atoms with Crippen molar-refractivity contribution in [2.75, 3.05) is 6.54 Å². The molecule has 2 aromatic carbocycles. The first kappa shape index (κ1) is 15.5. The monoisotopic (exact) mass is 335 g/mol. The van der Waals surface area contributed by atoms with E-state index in [9.17, 15) is 0 Å². The van der Waals surface area contributed by atoms with E-state index in [0.29, 0.717) is 5.41 Å². The molecule has 122 valence electrons. The van der Waals surface area contributed by atoms with E-state index in [4.69, 9.17) is 11.6 Å². The summed E-state index contributed by atoms with van der Waals surface area (Å²) in [7, 11) is 0. The molecule has 1 fully saturated rings. The molecule has 24 heavy (non-hydrogen) atoms. The third-order valence-electron chi connectivity index (χ3n) is 5.13. The van der Waals surface area contributed by atoms with Crippen LogP contribution in [0.3, 0.4) is 0 Å². The van der Waals surface area contributed by atoms with Crippen molar-refractivity contribution in [1.29, 1.82) is 0 Å². The van der Waals surface area contributed by atoms with Gasteiger partial charge in [0.05, 0.1) is 5.92 Å². The second kappa shape index (κ2) is 5.53. The molecule has 1 unspecified atom stereocenters. The van der Waals surface area contributed by atoms with E-state index in [1.807, 2.05) is 12.1 Å². The summed E-state index contributed by atoms with van der Waals surface area (Å²) >= 11 is 6.10. The molecular weight excluding hydrogens is 314 g/mol. The van der Waals surface area contributed by atoms with Crippen LogP contribution in [-0.2, 0) is 0 Å². The molecule has 1 atom stereocenters. The van der Waals surface area contributed by atoms with Crippen LogP contribution < -0.4 is 0 Å². The standard InChI is InChI=1S/C22H22ClN/c1-15-20(17-9-11-18(23)12-10-17)21(16-7-5-4-6-8-16)19-13-22(2,3)14-24(15)19/h4-12,20H,1,13-14H2,2-3H3. The van der Waals surface area contributed by atoms with Gasteiger partial charge >= 0.3 is 0 Å². The summed E-state index contributed by atoms with van der Waals surface area (Å²) in [6, 6.07) is 19.0. The Hall–Kier alpha value is -1.99. The highest BCUT2D eigenvalue weighted by atomic mass is 35.5. The van der Waals surface area contributed by atoms with Gasteiger partial charge in [0.1, 0.15) is 0 Å². The first-order valence-electron chi connectivity index (χ1n) is 8.46. The lowest BCUT2D eigenvalue weighted by Gasteiger charge is -2.24. The normalized spacial score (nSPS) is 22.2. The molecule has 2 aromatic rings. The highest BCUT2D eigenvalue weighted by Crippen LogP contribution is 2.55. The molecule has 0 amide bonds. The average Bonchev–Trinajstić information content (AvgIpc) is 3.01. The summed E-state index contributed by atoms with van der Waals surface area (Å²) in [5, 5.41) is 0.776. The minimum absolute atomic E-state index is 0.218. The third kappa shape index (κ3) is 2.48. The topological polar surface area (TPSA) is 3.24 Å². The molecule has 0 N–H and O–H groups in total. The van der Waals surface area contributed by atoms with Crippen LogP contribution in [0.2, 0.25) is 5.02 Å². The Bertz CT molecular complexity index is 815. The SMILES string of the molecule is C=C1C(c2ccc(Cl)cc2)C(c2ccccc2)=C2CC(C)(C)CN12. The summed E-state index contributed by atoms with van der Waals surface area (Å²) in [6.07, 6.45) is 1.10. The summed E-state index contributed by atoms with van der Waals surface area (Å²) in [6.45, 7) is 10.2. The summed E-state index contributed by atoms with van der Waals surface area (Å²) in [4.78, 5) is 2.45. The quantitative estimate of drug-likeness (QED) is 0.641. The maximum Gasteiger partial charge on any atom is 0.0510 e. The Labute approximate surface area is 149 Å². The molecular formula is C22H22ClN. The van der Waals surface area contributed by atoms with Crippen molar-refractivity contribution < 1.29 is 0 Å². The minimum Gasteiger partial charge on any atom is -0.347 e. The van der Waals surface area contributed by atoms with E-state index in [1.54, 1.807) is 0 Å². The van der Waals surface area contributed by atoms with Gasteiger partial charge in [-0.05, 0) is 40.7 Å². The molecule has 4 rings (SSSR count). The van der Waals surface area contributed by atoms with Crippen LogP contribution in [0.4, 0.5) is 0 Å². The number of nitrogens with zero attached hydrogens (tertiary/aromatic N) is 1. The molecule has 2 aliphatic heterocycles. The molecule has 0 bridgehead atoms. The fourth-order valence-electron chi connectivity index (χ4n) is 4.10. The first-order valence-corrected chi connectivity index (χ1v) is 8.84. The summed E-state index contributed by atoms with van der Waals surface area (Å²) in [5.41, 5.74) is 6.90. The average molecular weight is 336 g/mol. The van der Waals surface area contributed by atoms with Crippen molar-refractivity contribution in [1.82, 2.24) is 4.90 Å². The van der Waals surface area contributed by atoms with Gasteiger partial charge in [0, 0.05) is 23.0 Å². The van der Waals surface area contributed by atoms with Crippen LogP contribution in [0.5, 0.6) is 0 Å². The Morgan fingerprint density at radius 3 is 2.38 bits per heavy atom. The molecule has 0 aromatic heterocycles. The first-order chi connectivity index (χ1) is 11.5. The van der Waals surface area contributed by atoms with Gasteiger partial charge < -0.3 is 4.90 Å². The molecule has 0 aliphatic carbocycles. The van der Waals surface area contributed by atoms with Gasteiger partial charge in [-0.15, -0.1) is 0 Å². The molecule has 2 heterocycles. The van der Waals surface area contributed by atoms with Crippen LogP contribution in [0.15, 0.2) is 72.6 Å². The van der Waals surface area contributed by atoms with Crippen LogP contribution in [0, 0.1) is 5.41 Å². The van der Waals surface area contributed by atoms with E-state index in [0.717, 1.165) is 18.0 Å². The van der Waals surface area contributed by atoms with Crippen molar-refractivity contribution in [2.24, 2.45) is 5.41 Å². The van der Waals surface area contributed by atoms with E-state index in [-0.39, 0.29) is 5.92 Å². The van der Waals surface area contributed by atoms with Crippen LogP contribution >= 0.6 is 11.6 Å². The molecule has 0 saturated carbocycles. The molecule has 2 heteroatoms. The predicted molar refractivity (Wildman–Crippen MR) is 102 cm³/mol. The van der Waals surface area contributed by atoms with Gasteiger partial charge in [-0.3, -0.25) is 0 Å². The Balaban J connectivity index is 1.89. The maximum absolute atomic E-state index is 6.10. The third-order valence-corrected chi connectivity index (χ3v) is 5.38. The zero-order valence-corrected chi connectivity index (χ0v) is 15.0. The lowest BCUT2D eigenvalue weighted by Crippen LogP contribution is -2.21.